The Kier molecular flexibility index (Phi) is 4.59. The van der Waals surface area contributed by atoms with Crippen molar-refractivity contribution in [2.24, 2.45) is 0 Å². The van der Waals surface area contributed by atoms with Crippen LogP contribution in [0.25, 0.3) is 0 Å². The predicted octanol–water partition coefficient (Wildman–Crippen LogP) is 1.60. The van der Waals surface area contributed by atoms with Crippen molar-refractivity contribution in [3.8, 4) is 0 Å². The first-order valence-electron chi connectivity index (χ1n) is 6.65. The molecule has 1 saturated heterocycles. The predicted molar refractivity (Wildman–Crippen MR) is 74.0 cm³/mol. The third-order valence-corrected chi connectivity index (χ3v) is 3.09. The summed E-state index contributed by atoms with van der Waals surface area (Å²) < 4.78 is 0. The number of benzene rings is 1. The van der Waals surface area contributed by atoms with Gasteiger partial charge in [-0.05, 0) is 37.6 Å². The van der Waals surface area contributed by atoms with Crippen molar-refractivity contribution in [2.75, 3.05) is 25.0 Å². The molecule has 18 heavy (non-hydrogen) atoms. The van der Waals surface area contributed by atoms with Crippen LogP contribution < -0.4 is 16.0 Å². The fourth-order valence-electron chi connectivity index (χ4n) is 2.10. The molecule has 2 rings (SSSR count). The second kappa shape index (κ2) is 6.40. The Morgan fingerprint density at radius 3 is 3.11 bits per heavy atom. The highest BCUT2D eigenvalue weighted by Crippen LogP contribution is 2.14. The maximum atomic E-state index is 11.8. The van der Waals surface area contributed by atoms with Crippen molar-refractivity contribution in [1.29, 1.82) is 0 Å². The van der Waals surface area contributed by atoms with Gasteiger partial charge in [0.1, 0.15) is 0 Å². The lowest BCUT2D eigenvalue weighted by Gasteiger charge is -2.13. The Morgan fingerprint density at radius 2 is 2.39 bits per heavy atom. The molecule has 1 fully saturated rings. The average Bonchev–Trinajstić information content (AvgIpc) is 2.89. The van der Waals surface area contributed by atoms with Gasteiger partial charge in [0.05, 0.1) is 0 Å². The number of rotatable bonds is 5. The first-order chi connectivity index (χ1) is 8.79. The van der Waals surface area contributed by atoms with E-state index in [1.54, 1.807) is 0 Å². The average molecular weight is 247 g/mol. The third kappa shape index (κ3) is 3.47. The Bertz CT molecular complexity index is 400. The van der Waals surface area contributed by atoms with E-state index in [0.717, 1.165) is 43.7 Å². The highest BCUT2D eigenvalue weighted by molar-refractivity contribution is 5.95. The van der Waals surface area contributed by atoms with Crippen molar-refractivity contribution >= 4 is 11.6 Å². The molecule has 4 heteroatoms. The van der Waals surface area contributed by atoms with Crippen LogP contribution in [0.5, 0.6) is 0 Å². The molecule has 0 bridgehead atoms. The molecule has 1 atom stereocenters. The topological polar surface area (TPSA) is 53.2 Å². The molecule has 1 unspecified atom stereocenters. The lowest BCUT2D eigenvalue weighted by molar-refractivity contribution is 0.0953. The molecule has 0 radical (unpaired) electrons. The van der Waals surface area contributed by atoms with E-state index in [0.29, 0.717) is 6.04 Å². The molecule has 1 aromatic carbocycles. The molecule has 3 N–H and O–H groups in total. The maximum absolute atomic E-state index is 11.8. The van der Waals surface area contributed by atoms with Crippen LogP contribution >= 0.6 is 0 Å². The van der Waals surface area contributed by atoms with Crippen molar-refractivity contribution in [3.05, 3.63) is 29.8 Å². The van der Waals surface area contributed by atoms with Gasteiger partial charge in [-0.25, -0.2) is 0 Å². The summed E-state index contributed by atoms with van der Waals surface area (Å²) in [5.41, 5.74) is 1.74. The molecule has 1 aliphatic rings. The van der Waals surface area contributed by atoms with Crippen LogP contribution in [0.2, 0.25) is 0 Å². The van der Waals surface area contributed by atoms with E-state index in [2.05, 4.69) is 16.0 Å². The van der Waals surface area contributed by atoms with Gasteiger partial charge in [-0.15, -0.1) is 0 Å². The molecular weight excluding hydrogens is 226 g/mol. The lowest BCUT2D eigenvalue weighted by Crippen LogP contribution is -2.25. The first-order valence-corrected chi connectivity index (χ1v) is 6.65. The van der Waals surface area contributed by atoms with E-state index in [-0.39, 0.29) is 5.91 Å². The van der Waals surface area contributed by atoms with Crippen molar-refractivity contribution < 1.29 is 4.79 Å². The number of amides is 1. The van der Waals surface area contributed by atoms with Crippen LogP contribution in [0, 0.1) is 0 Å². The maximum Gasteiger partial charge on any atom is 0.251 e. The summed E-state index contributed by atoms with van der Waals surface area (Å²) in [6.07, 6.45) is 2.09. The van der Waals surface area contributed by atoms with E-state index >= 15 is 0 Å². The first kappa shape index (κ1) is 12.9. The number of nitrogens with one attached hydrogen (secondary N) is 3. The summed E-state index contributed by atoms with van der Waals surface area (Å²) in [6, 6.07) is 8.17. The highest BCUT2D eigenvalue weighted by Gasteiger charge is 2.14. The Balaban J connectivity index is 1.97. The van der Waals surface area contributed by atoms with Gasteiger partial charge >= 0.3 is 0 Å². The van der Waals surface area contributed by atoms with E-state index in [1.165, 1.54) is 0 Å². The van der Waals surface area contributed by atoms with E-state index < -0.39 is 0 Å². The molecule has 0 saturated carbocycles. The molecule has 4 nitrogen and oxygen atoms in total. The zero-order valence-corrected chi connectivity index (χ0v) is 10.8. The molecule has 0 aromatic heterocycles. The third-order valence-electron chi connectivity index (χ3n) is 3.09. The molecule has 1 amide bonds. The second-order valence-electron chi connectivity index (χ2n) is 4.67. The van der Waals surface area contributed by atoms with Gasteiger partial charge in [0.25, 0.3) is 5.91 Å². The van der Waals surface area contributed by atoms with Crippen LogP contribution in [0.15, 0.2) is 24.3 Å². The van der Waals surface area contributed by atoms with Gasteiger partial charge in [0.2, 0.25) is 0 Å². The fourth-order valence-corrected chi connectivity index (χ4v) is 2.10. The number of hydrogen-bond acceptors (Lipinski definition) is 3. The summed E-state index contributed by atoms with van der Waals surface area (Å²) in [4.78, 5) is 11.8. The van der Waals surface area contributed by atoms with Gasteiger partial charge < -0.3 is 16.0 Å². The van der Waals surface area contributed by atoms with Crippen molar-refractivity contribution in [3.63, 3.8) is 0 Å². The minimum absolute atomic E-state index is 0.00467. The van der Waals surface area contributed by atoms with E-state index in [4.69, 9.17) is 0 Å². The van der Waals surface area contributed by atoms with Crippen LogP contribution in [-0.2, 0) is 0 Å². The number of carbonyl (C=O) groups is 1. The van der Waals surface area contributed by atoms with Crippen LogP contribution in [0.4, 0.5) is 5.69 Å². The van der Waals surface area contributed by atoms with Gasteiger partial charge in [-0.2, -0.15) is 0 Å². The van der Waals surface area contributed by atoms with Gasteiger partial charge in [-0.1, -0.05) is 13.0 Å². The summed E-state index contributed by atoms with van der Waals surface area (Å²) in [5.74, 6) is 0.00467. The van der Waals surface area contributed by atoms with Gasteiger partial charge in [0, 0.05) is 30.4 Å². The van der Waals surface area contributed by atoms with E-state index in [9.17, 15) is 4.79 Å². The van der Waals surface area contributed by atoms with Gasteiger partial charge in [0.15, 0.2) is 0 Å². The Labute approximate surface area is 108 Å². The molecule has 0 aliphatic carbocycles. The zero-order valence-electron chi connectivity index (χ0n) is 10.8. The minimum atomic E-state index is 0.00467. The standard InChI is InChI=1S/C14H21N3O/c1-2-7-16-14(18)11-4-3-5-12(9-11)17-13-6-8-15-10-13/h3-5,9,13,15,17H,2,6-8,10H2,1H3,(H,16,18). The summed E-state index contributed by atoms with van der Waals surface area (Å²) in [5, 5.41) is 9.66. The van der Waals surface area contributed by atoms with Crippen LogP contribution in [-0.4, -0.2) is 31.6 Å². The normalized spacial score (nSPS) is 18.6. The summed E-state index contributed by atoms with van der Waals surface area (Å²) in [6.45, 7) is 4.83. The largest absolute Gasteiger partial charge is 0.381 e. The van der Waals surface area contributed by atoms with Crippen molar-refractivity contribution in [1.82, 2.24) is 10.6 Å². The SMILES string of the molecule is CCCNC(=O)c1cccc(NC2CCNC2)c1. The smallest absolute Gasteiger partial charge is 0.251 e. The molecular formula is C14H21N3O. The fraction of sp³-hybridized carbons (Fsp3) is 0.500. The second-order valence-corrected chi connectivity index (χ2v) is 4.67. The van der Waals surface area contributed by atoms with Gasteiger partial charge in [-0.3, -0.25) is 4.79 Å². The summed E-state index contributed by atoms with van der Waals surface area (Å²) >= 11 is 0. The molecule has 98 valence electrons. The van der Waals surface area contributed by atoms with Crippen LogP contribution in [0.3, 0.4) is 0 Å². The monoisotopic (exact) mass is 247 g/mol. The molecule has 1 heterocycles. The molecule has 0 spiro atoms. The number of hydrogen-bond donors (Lipinski definition) is 3. The quantitative estimate of drug-likeness (QED) is 0.741. The number of anilines is 1. The van der Waals surface area contributed by atoms with E-state index in [1.807, 2.05) is 31.2 Å². The molecule has 1 aliphatic heterocycles. The Morgan fingerprint density at radius 1 is 1.50 bits per heavy atom. The molecule has 1 aromatic rings. The lowest BCUT2D eigenvalue weighted by atomic mass is 10.1. The summed E-state index contributed by atoms with van der Waals surface area (Å²) in [7, 11) is 0. The highest BCUT2D eigenvalue weighted by atomic mass is 16.1. The van der Waals surface area contributed by atoms with Crippen molar-refractivity contribution in [2.45, 2.75) is 25.8 Å². The number of carbonyl (C=O) groups excluding carboxylic acids is 1. The Hall–Kier alpha value is -1.55. The zero-order chi connectivity index (χ0) is 12.8. The van der Waals surface area contributed by atoms with Crippen LogP contribution in [0.1, 0.15) is 30.1 Å². The minimum Gasteiger partial charge on any atom is -0.381 e.